The van der Waals surface area contributed by atoms with Crippen molar-refractivity contribution in [3.8, 4) is 0 Å². The molecule has 0 unspecified atom stereocenters. The summed E-state index contributed by atoms with van der Waals surface area (Å²) >= 11 is 5.98. The van der Waals surface area contributed by atoms with E-state index in [0.717, 1.165) is 41.2 Å². The molecule has 1 aromatic heterocycles. The van der Waals surface area contributed by atoms with Crippen LogP contribution in [0.15, 0.2) is 39.9 Å². The number of aromatic nitrogens is 2. The molecule has 0 N–H and O–H groups in total. The summed E-state index contributed by atoms with van der Waals surface area (Å²) < 4.78 is 2.76. The Morgan fingerprint density at radius 1 is 0.969 bits per heavy atom. The quantitative estimate of drug-likeness (QED) is 0.697. The summed E-state index contributed by atoms with van der Waals surface area (Å²) in [7, 11) is 1.50. The summed E-state index contributed by atoms with van der Waals surface area (Å²) in [6.45, 7) is 6.76. The molecule has 172 valence electrons. The van der Waals surface area contributed by atoms with Crippen LogP contribution < -0.4 is 21.0 Å². The van der Waals surface area contributed by atoms with E-state index >= 15 is 0 Å². The molecule has 2 saturated heterocycles. The van der Waals surface area contributed by atoms with Crippen molar-refractivity contribution >= 4 is 29.0 Å². The van der Waals surface area contributed by atoms with E-state index in [9.17, 15) is 14.4 Å². The second-order valence-electron chi connectivity index (χ2n) is 8.48. The third-order valence-electron chi connectivity index (χ3n) is 6.65. The van der Waals surface area contributed by atoms with Crippen molar-refractivity contribution in [2.75, 3.05) is 49.1 Å². The molecule has 0 radical (unpaired) electrons. The maximum absolute atomic E-state index is 13.1. The van der Waals surface area contributed by atoms with E-state index in [1.807, 2.05) is 36.1 Å². The van der Waals surface area contributed by atoms with Crippen LogP contribution in [0.2, 0.25) is 5.02 Å². The first-order chi connectivity index (χ1) is 15.4. The van der Waals surface area contributed by atoms with Crippen LogP contribution in [0.4, 0.5) is 11.5 Å². The van der Waals surface area contributed by atoms with E-state index < -0.39 is 0 Å². The number of piperazine rings is 1. The molecule has 2 aliphatic rings. The molecule has 2 aliphatic heterocycles. The van der Waals surface area contributed by atoms with Crippen molar-refractivity contribution < 1.29 is 4.79 Å². The fourth-order valence-corrected chi connectivity index (χ4v) is 4.79. The molecule has 1 aromatic carbocycles. The van der Waals surface area contributed by atoms with Crippen LogP contribution in [0.5, 0.6) is 0 Å². The van der Waals surface area contributed by atoms with Gasteiger partial charge in [0.2, 0.25) is 5.91 Å². The van der Waals surface area contributed by atoms with E-state index in [1.165, 1.54) is 13.1 Å². The van der Waals surface area contributed by atoms with Crippen LogP contribution in [0.25, 0.3) is 0 Å². The third-order valence-corrected chi connectivity index (χ3v) is 6.90. The maximum Gasteiger partial charge on any atom is 0.332 e. The van der Waals surface area contributed by atoms with Gasteiger partial charge in [-0.3, -0.25) is 18.7 Å². The van der Waals surface area contributed by atoms with E-state index in [4.69, 9.17) is 11.6 Å². The number of halogens is 1. The zero-order valence-corrected chi connectivity index (χ0v) is 19.4. The van der Waals surface area contributed by atoms with Gasteiger partial charge in [0, 0.05) is 75.6 Å². The number of piperidine rings is 1. The second kappa shape index (κ2) is 9.40. The summed E-state index contributed by atoms with van der Waals surface area (Å²) in [4.78, 5) is 44.0. The number of benzene rings is 1. The summed E-state index contributed by atoms with van der Waals surface area (Å²) in [6.07, 6.45) is 1.45. The van der Waals surface area contributed by atoms with E-state index in [1.54, 1.807) is 4.57 Å². The molecule has 0 atom stereocenters. The minimum Gasteiger partial charge on any atom is -0.368 e. The molecule has 2 fully saturated rings. The largest absolute Gasteiger partial charge is 0.368 e. The molecule has 0 saturated carbocycles. The summed E-state index contributed by atoms with van der Waals surface area (Å²) in [5.74, 6) is 0.863. The molecule has 9 heteroatoms. The lowest BCUT2D eigenvalue weighted by atomic mass is 9.95. The molecular formula is C23H30ClN5O3. The lowest BCUT2D eigenvalue weighted by molar-refractivity contribution is -0.136. The predicted molar refractivity (Wildman–Crippen MR) is 127 cm³/mol. The average molecular weight is 460 g/mol. The highest BCUT2D eigenvalue weighted by atomic mass is 35.5. The normalized spacial score (nSPS) is 17.7. The number of carbonyl (C=O) groups excluding carboxylic acids is 1. The number of rotatable bonds is 4. The number of amides is 1. The van der Waals surface area contributed by atoms with Gasteiger partial charge in [0.25, 0.3) is 5.56 Å². The Bertz CT molecular complexity index is 1080. The Balaban J connectivity index is 1.35. The highest BCUT2D eigenvalue weighted by molar-refractivity contribution is 6.30. The zero-order valence-electron chi connectivity index (χ0n) is 18.7. The van der Waals surface area contributed by atoms with Crippen molar-refractivity contribution in [3.63, 3.8) is 0 Å². The van der Waals surface area contributed by atoms with Crippen LogP contribution >= 0.6 is 11.6 Å². The minimum atomic E-state index is -0.300. The molecule has 0 spiro atoms. The number of anilines is 2. The Kier molecular flexibility index (Phi) is 6.60. The van der Waals surface area contributed by atoms with Crippen LogP contribution in [0.1, 0.15) is 19.8 Å². The topological polar surface area (TPSA) is 70.8 Å². The summed E-state index contributed by atoms with van der Waals surface area (Å²) in [5.41, 5.74) is 0.531. The second-order valence-corrected chi connectivity index (χ2v) is 8.91. The Morgan fingerprint density at radius 2 is 1.59 bits per heavy atom. The molecular weight excluding hydrogens is 430 g/mol. The Morgan fingerprint density at radius 3 is 2.19 bits per heavy atom. The predicted octanol–water partition coefficient (Wildman–Crippen LogP) is 1.79. The number of carbonyl (C=O) groups is 1. The molecule has 8 nitrogen and oxygen atoms in total. The SMILES string of the molecule is CCn1c(N2CCC(C(=O)N3CCN(c4ccc(Cl)cc4)CC3)CC2)cc(=O)n(C)c1=O. The van der Waals surface area contributed by atoms with Gasteiger partial charge >= 0.3 is 5.69 Å². The molecule has 0 aliphatic carbocycles. The fourth-order valence-electron chi connectivity index (χ4n) is 4.67. The lowest BCUT2D eigenvalue weighted by Crippen LogP contribution is -2.52. The van der Waals surface area contributed by atoms with Crippen LogP contribution in [0.3, 0.4) is 0 Å². The van der Waals surface area contributed by atoms with E-state index in [2.05, 4.69) is 9.80 Å². The maximum atomic E-state index is 13.1. The van der Waals surface area contributed by atoms with Crippen LogP contribution in [-0.2, 0) is 18.4 Å². The first kappa shape index (κ1) is 22.5. The molecule has 1 amide bonds. The van der Waals surface area contributed by atoms with Crippen molar-refractivity contribution in [1.82, 2.24) is 14.0 Å². The van der Waals surface area contributed by atoms with Gasteiger partial charge in [-0.05, 0) is 44.0 Å². The first-order valence-electron chi connectivity index (χ1n) is 11.2. The van der Waals surface area contributed by atoms with Crippen molar-refractivity contribution in [1.29, 1.82) is 0 Å². The monoisotopic (exact) mass is 459 g/mol. The Hall–Kier alpha value is -2.74. The average Bonchev–Trinajstić information content (AvgIpc) is 2.82. The highest BCUT2D eigenvalue weighted by Crippen LogP contribution is 2.25. The molecule has 4 rings (SSSR count). The molecule has 2 aromatic rings. The third kappa shape index (κ3) is 4.41. The summed E-state index contributed by atoms with van der Waals surface area (Å²) in [6, 6.07) is 9.35. The first-order valence-corrected chi connectivity index (χ1v) is 11.6. The van der Waals surface area contributed by atoms with Gasteiger partial charge in [0.05, 0.1) is 0 Å². The Labute approximate surface area is 192 Å². The molecule has 0 bridgehead atoms. The van der Waals surface area contributed by atoms with Crippen LogP contribution in [-0.4, -0.2) is 59.2 Å². The number of nitrogens with zero attached hydrogens (tertiary/aromatic N) is 5. The van der Waals surface area contributed by atoms with Crippen LogP contribution in [0, 0.1) is 5.92 Å². The lowest BCUT2D eigenvalue weighted by Gasteiger charge is -2.40. The van der Waals surface area contributed by atoms with Gasteiger partial charge in [-0.25, -0.2) is 4.79 Å². The molecule has 32 heavy (non-hydrogen) atoms. The standard InChI is InChI=1S/C23H30ClN5O3/c1-3-29-20(16-21(30)25(2)23(29)32)27-10-8-17(9-11-27)22(31)28-14-12-26(13-15-28)19-6-4-18(24)5-7-19/h4-7,16-17H,3,8-15H2,1-2H3. The van der Waals surface area contributed by atoms with E-state index in [0.29, 0.717) is 38.5 Å². The van der Waals surface area contributed by atoms with Gasteiger partial charge in [-0.1, -0.05) is 11.6 Å². The van der Waals surface area contributed by atoms with Gasteiger partial charge in [0.1, 0.15) is 5.82 Å². The smallest absolute Gasteiger partial charge is 0.332 e. The van der Waals surface area contributed by atoms with Gasteiger partial charge in [0.15, 0.2) is 0 Å². The van der Waals surface area contributed by atoms with Gasteiger partial charge in [-0.15, -0.1) is 0 Å². The van der Waals surface area contributed by atoms with E-state index in [-0.39, 0.29) is 23.1 Å². The minimum absolute atomic E-state index is 0.0123. The van der Waals surface area contributed by atoms with Gasteiger partial charge in [-0.2, -0.15) is 0 Å². The number of hydrogen-bond donors (Lipinski definition) is 0. The fraction of sp³-hybridized carbons (Fsp3) is 0.522. The van der Waals surface area contributed by atoms with Crippen molar-refractivity contribution in [2.45, 2.75) is 26.3 Å². The van der Waals surface area contributed by atoms with Crippen molar-refractivity contribution in [2.24, 2.45) is 13.0 Å². The highest BCUT2D eigenvalue weighted by Gasteiger charge is 2.31. The van der Waals surface area contributed by atoms with Gasteiger partial charge < -0.3 is 14.7 Å². The molecule has 3 heterocycles. The zero-order chi connectivity index (χ0) is 22.8. The summed E-state index contributed by atoms with van der Waals surface area (Å²) in [5, 5.41) is 0.723. The van der Waals surface area contributed by atoms with Crippen molar-refractivity contribution in [3.05, 3.63) is 56.2 Å². The number of hydrogen-bond acceptors (Lipinski definition) is 5.